The minimum absolute atomic E-state index is 0.472. The van der Waals surface area contributed by atoms with Crippen LogP contribution >= 0.6 is 0 Å². The molecule has 0 saturated heterocycles. The summed E-state index contributed by atoms with van der Waals surface area (Å²) in [7, 11) is 0. The molecule has 2 aliphatic heterocycles. The topological polar surface area (TPSA) is 75.1 Å². The van der Waals surface area contributed by atoms with Gasteiger partial charge in [-0.3, -0.25) is 0 Å². The molecule has 0 bridgehead atoms. The molecule has 7 heteroatoms. The summed E-state index contributed by atoms with van der Waals surface area (Å²) >= 11 is 0. The fraction of sp³-hybridized carbons (Fsp3) is 0.308. The van der Waals surface area contributed by atoms with Crippen LogP contribution < -0.4 is 14.4 Å². The minimum Gasteiger partial charge on any atom is -0.489 e. The van der Waals surface area contributed by atoms with E-state index < -0.39 is 0 Å². The Balaban J connectivity index is 1.72. The number of aromatic amines is 1. The van der Waals surface area contributed by atoms with Crippen molar-refractivity contribution >= 4 is 17.3 Å². The molecule has 0 unspecified atom stereocenters. The highest BCUT2D eigenvalue weighted by Gasteiger charge is 2.26. The standard InChI is InChI=1S/C13H13N5O2/c1-2-15-13(14-1)17-16-9-7-10-12-11(8-9)20-6-4-18(12)3-5-19-10/h1-2,7-8H,3-6H2,(H,14,15)/b17-16+. The molecule has 102 valence electrons. The molecule has 0 spiro atoms. The first-order valence-corrected chi connectivity index (χ1v) is 6.50. The Hall–Kier alpha value is -2.57. The molecule has 0 fully saturated rings. The van der Waals surface area contributed by atoms with Gasteiger partial charge in [-0.1, -0.05) is 0 Å². The van der Waals surface area contributed by atoms with Gasteiger partial charge in [-0.05, 0) is 0 Å². The predicted molar refractivity (Wildman–Crippen MR) is 72.4 cm³/mol. The fourth-order valence-corrected chi connectivity index (χ4v) is 2.44. The number of aromatic nitrogens is 2. The number of imidazole rings is 1. The second-order valence-corrected chi connectivity index (χ2v) is 4.59. The van der Waals surface area contributed by atoms with Crippen molar-refractivity contribution in [1.82, 2.24) is 9.97 Å². The van der Waals surface area contributed by atoms with Gasteiger partial charge in [0.1, 0.15) is 30.4 Å². The number of nitrogens with zero attached hydrogens (tertiary/aromatic N) is 4. The van der Waals surface area contributed by atoms with Gasteiger partial charge in [-0.2, -0.15) is 0 Å². The van der Waals surface area contributed by atoms with Crippen molar-refractivity contribution in [2.24, 2.45) is 10.2 Å². The van der Waals surface area contributed by atoms with Gasteiger partial charge in [-0.25, -0.2) is 4.98 Å². The van der Waals surface area contributed by atoms with Crippen LogP contribution in [0.5, 0.6) is 11.5 Å². The van der Waals surface area contributed by atoms with Crippen molar-refractivity contribution < 1.29 is 9.47 Å². The van der Waals surface area contributed by atoms with E-state index in [0.717, 1.165) is 30.3 Å². The van der Waals surface area contributed by atoms with Crippen molar-refractivity contribution in [2.45, 2.75) is 0 Å². The smallest absolute Gasteiger partial charge is 0.246 e. The van der Waals surface area contributed by atoms with Crippen LogP contribution in [0.2, 0.25) is 0 Å². The zero-order valence-electron chi connectivity index (χ0n) is 10.7. The second kappa shape index (κ2) is 4.52. The average molecular weight is 271 g/mol. The molecule has 7 nitrogen and oxygen atoms in total. The Kier molecular flexibility index (Phi) is 2.55. The molecular formula is C13H13N5O2. The summed E-state index contributed by atoms with van der Waals surface area (Å²) in [5.41, 5.74) is 1.72. The normalized spacial score (nSPS) is 16.7. The molecule has 4 rings (SSSR count). The van der Waals surface area contributed by atoms with Gasteiger partial charge in [0.25, 0.3) is 0 Å². The molecule has 20 heavy (non-hydrogen) atoms. The third-order valence-electron chi connectivity index (χ3n) is 3.32. The van der Waals surface area contributed by atoms with Gasteiger partial charge in [0.05, 0.1) is 18.8 Å². The SMILES string of the molecule is c1c[nH]c(/N=N/c2cc3c4c(c2)OCCN4CCO3)n1. The summed E-state index contributed by atoms with van der Waals surface area (Å²) in [5, 5.41) is 8.20. The van der Waals surface area contributed by atoms with Crippen LogP contribution in [-0.4, -0.2) is 36.3 Å². The van der Waals surface area contributed by atoms with E-state index in [9.17, 15) is 0 Å². The molecule has 1 aromatic heterocycles. The number of benzene rings is 1. The van der Waals surface area contributed by atoms with Gasteiger partial charge in [0.2, 0.25) is 5.95 Å². The van der Waals surface area contributed by atoms with E-state index in [1.807, 2.05) is 12.1 Å². The third-order valence-corrected chi connectivity index (χ3v) is 3.32. The highest BCUT2D eigenvalue weighted by Crippen LogP contribution is 2.45. The molecular weight excluding hydrogens is 258 g/mol. The number of H-pyrrole nitrogens is 1. The van der Waals surface area contributed by atoms with Gasteiger partial charge < -0.3 is 19.4 Å². The lowest BCUT2D eigenvalue weighted by Crippen LogP contribution is -2.38. The molecule has 0 saturated carbocycles. The Bertz CT molecular complexity index is 622. The number of rotatable bonds is 2. The summed E-state index contributed by atoms with van der Waals surface area (Å²) in [4.78, 5) is 9.16. The number of hydrogen-bond donors (Lipinski definition) is 1. The van der Waals surface area contributed by atoms with Crippen LogP contribution in [0, 0.1) is 0 Å². The molecule has 3 heterocycles. The van der Waals surface area contributed by atoms with Gasteiger partial charge in [0, 0.05) is 24.5 Å². The maximum Gasteiger partial charge on any atom is 0.246 e. The monoisotopic (exact) mass is 271 g/mol. The van der Waals surface area contributed by atoms with Crippen LogP contribution in [0.15, 0.2) is 34.8 Å². The van der Waals surface area contributed by atoms with E-state index in [2.05, 4.69) is 25.1 Å². The number of anilines is 1. The van der Waals surface area contributed by atoms with E-state index in [4.69, 9.17) is 9.47 Å². The van der Waals surface area contributed by atoms with E-state index in [1.165, 1.54) is 0 Å². The van der Waals surface area contributed by atoms with Crippen LogP contribution in [0.3, 0.4) is 0 Å². The molecule has 1 aromatic carbocycles. The number of azo groups is 1. The summed E-state index contributed by atoms with van der Waals surface area (Å²) in [6.07, 6.45) is 3.34. The van der Waals surface area contributed by atoms with Gasteiger partial charge in [0.15, 0.2) is 0 Å². The molecule has 0 atom stereocenters. The quantitative estimate of drug-likeness (QED) is 0.851. The van der Waals surface area contributed by atoms with Crippen LogP contribution in [0.4, 0.5) is 17.3 Å². The lowest BCUT2D eigenvalue weighted by Gasteiger charge is -2.36. The predicted octanol–water partition coefficient (Wildman–Crippen LogP) is 2.42. The van der Waals surface area contributed by atoms with Gasteiger partial charge in [-0.15, -0.1) is 10.2 Å². The van der Waals surface area contributed by atoms with E-state index >= 15 is 0 Å². The van der Waals surface area contributed by atoms with Crippen LogP contribution in [0.1, 0.15) is 0 Å². The van der Waals surface area contributed by atoms with Gasteiger partial charge >= 0.3 is 0 Å². The van der Waals surface area contributed by atoms with Crippen molar-refractivity contribution in [3.63, 3.8) is 0 Å². The third kappa shape index (κ3) is 1.87. The summed E-state index contributed by atoms with van der Waals surface area (Å²) in [5.74, 6) is 2.09. The second-order valence-electron chi connectivity index (χ2n) is 4.59. The van der Waals surface area contributed by atoms with E-state index in [1.54, 1.807) is 12.4 Å². The van der Waals surface area contributed by atoms with Crippen molar-refractivity contribution in [3.05, 3.63) is 24.5 Å². The molecule has 0 aliphatic carbocycles. The van der Waals surface area contributed by atoms with E-state index in [-0.39, 0.29) is 0 Å². The Labute approximate surface area is 115 Å². The molecule has 2 aliphatic rings. The molecule has 0 amide bonds. The van der Waals surface area contributed by atoms with Crippen LogP contribution in [0.25, 0.3) is 0 Å². The van der Waals surface area contributed by atoms with Crippen LogP contribution in [-0.2, 0) is 0 Å². The Morgan fingerprint density at radius 1 is 1.10 bits per heavy atom. The highest BCUT2D eigenvalue weighted by atomic mass is 16.5. The Morgan fingerprint density at radius 2 is 1.85 bits per heavy atom. The summed E-state index contributed by atoms with van der Waals surface area (Å²) < 4.78 is 11.4. The van der Waals surface area contributed by atoms with Crippen molar-refractivity contribution in [3.8, 4) is 11.5 Å². The number of hydrogen-bond acceptors (Lipinski definition) is 6. The average Bonchev–Trinajstić information content (AvgIpc) is 2.99. The maximum absolute atomic E-state index is 5.70. The summed E-state index contributed by atoms with van der Waals surface area (Å²) in [6, 6.07) is 3.76. The number of nitrogens with one attached hydrogen (secondary N) is 1. The lowest BCUT2D eigenvalue weighted by molar-refractivity contribution is 0.263. The fourth-order valence-electron chi connectivity index (χ4n) is 2.44. The zero-order chi connectivity index (χ0) is 13.4. The first kappa shape index (κ1) is 11.3. The molecule has 2 aromatic rings. The minimum atomic E-state index is 0.472. The Morgan fingerprint density at radius 3 is 2.50 bits per heavy atom. The molecule has 1 N–H and O–H groups in total. The highest BCUT2D eigenvalue weighted by molar-refractivity contribution is 5.74. The first-order valence-electron chi connectivity index (χ1n) is 6.50. The lowest BCUT2D eigenvalue weighted by atomic mass is 10.1. The maximum atomic E-state index is 5.70. The summed E-state index contributed by atoms with van der Waals surface area (Å²) in [6.45, 7) is 3.17. The molecule has 0 radical (unpaired) electrons. The first-order chi connectivity index (χ1) is 9.90. The van der Waals surface area contributed by atoms with Crippen molar-refractivity contribution in [2.75, 3.05) is 31.2 Å². The van der Waals surface area contributed by atoms with Crippen molar-refractivity contribution in [1.29, 1.82) is 0 Å². The zero-order valence-corrected chi connectivity index (χ0v) is 10.7. The largest absolute Gasteiger partial charge is 0.489 e. The van der Waals surface area contributed by atoms with E-state index in [0.29, 0.717) is 24.8 Å². The number of ether oxygens (including phenoxy) is 2.